The van der Waals surface area contributed by atoms with Crippen LogP contribution in [-0.4, -0.2) is 7.05 Å². The van der Waals surface area contributed by atoms with E-state index < -0.39 is 0 Å². The van der Waals surface area contributed by atoms with Crippen LogP contribution in [0.1, 0.15) is 23.6 Å². The fourth-order valence-electron chi connectivity index (χ4n) is 1.79. The maximum absolute atomic E-state index is 6.18. The number of hydrogen-bond acceptors (Lipinski definition) is 3. The number of nitrogens with one attached hydrogen (secondary N) is 1. The molecule has 0 radical (unpaired) electrons. The van der Waals surface area contributed by atoms with Gasteiger partial charge in [-0.05, 0) is 48.3 Å². The van der Waals surface area contributed by atoms with Crippen molar-refractivity contribution in [2.24, 2.45) is 0 Å². The van der Waals surface area contributed by atoms with Crippen molar-refractivity contribution >= 4 is 45.9 Å². The van der Waals surface area contributed by atoms with E-state index in [2.05, 4.69) is 22.1 Å². The van der Waals surface area contributed by atoms with Crippen molar-refractivity contribution in [2.45, 2.75) is 18.9 Å². The van der Waals surface area contributed by atoms with Gasteiger partial charge in [-0.2, -0.15) is 11.3 Å². The Balaban J connectivity index is 2.04. The average Bonchev–Trinajstić information content (AvgIpc) is 2.90. The van der Waals surface area contributed by atoms with Crippen LogP contribution >= 0.6 is 45.9 Å². The van der Waals surface area contributed by atoms with Crippen molar-refractivity contribution in [1.82, 2.24) is 5.32 Å². The maximum atomic E-state index is 6.18. The van der Waals surface area contributed by atoms with Crippen LogP contribution in [0.5, 0.6) is 0 Å². The van der Waals surface area contributed by atoms with E-state index in [1.165, 1.54) is 16.9 Å². The molecule has 0 fully saturated rings. The fraction of sp³-hybridized carbons (Fsp3) is 0.333. The molecule has 17 heavy (non-hydrogen) atoms. The summed E-state index contributed by atoms with van der Waals surface area (Å²) in [6.07, 6.45) is 2.08. The first-order valence-electron chi connectivity index (χ1n) is 5.33. The van der Waals surface area contributed by atoms with Gasteiger partial charge in [-0.3, -0.25) is 0 Å². The maximum Gasteiger partial charge on any atom is 0.0991 e. The quantitative estimate of drug-likeness (QED) is 0.819. The summed E-state index contributed by atoms with van der Waals surface area (Å²) >= 11 is 15.3. The third kappa shape index (κ3) is 3.46. The first kappa shape index (κ1) is 13.4. The van der Waals surface area contributed by atoms with Gasteiger partial charge in [0.05, 0.1) is 8.67 Å². The van der Waals surface area contributed by atoms with Gasteiger partial charge in [0, 0.05) is 11.6 Å². The molecular weight excluding hydrogens is 293 g/mol. The zero-order valence-corrected chi connectivity index (χ0v) is 12.5. The molecule has 1 nitrogen and oxygen atoms in total. The third-order valence-electron chi connectivity index (χ3n) is 2.71. The van der Waals surface area contributed by atoms with Crippen LogP contribution in [0.3, 0.4) is 0 Å². The number of thiophene rings is 2. The second kappa shape index (κ2) is 6.21. The summed E-state index contributed by atoms with van der Waals surface area (Å²) in [5, 5.41) is 7.60. The van der Waals surface area contributed by atoms with Crippen molar-refractivity contribution in [1.29, 1.82) is 0 Å². The number of rotatable bonds is 5. The molecule has 0 spiro atoms. The average molecular weight is 306 g/mol. The van der Waals surface area contributed by atoms with Crippen LogP contribution in [0, 0.1) is 0 Å². The molecule has 0 saturated heterocycles. The van der Waals surface area contributed by atoms with E-state index in [4.69, 9.17) is 23.2 Å². The first-order chi connectivity index (χ1) is 8.20. The van der Waals surface area contributed by atoms with Crippen LogP contribution in [0.4, 0.5) is 0 Å². The van der Waals surface area contributed by atoms with Gasteiger partial charge in [0.2, 0.25) is 0 Å². The lowest BCUT2D eigenvalue weighted by atomic mass is 10.0. The molecule has 0 saturated carbocycles. The lowest BCUT2D eigenvalue weighted by molar-refractivity contribution is 0.551. The monoisotopic (exact) mass is 305 g/mol. The van der Waals surface area contributed by atoms with Crippen LogP contribution in [-0.2, 0) is 6.42 Å². The summed E-state index contributed by atoms with van der Waals surface area (Å²) in [6, 6.07) is 4.40. The molecule has 2 aromatic heterocycles. The molecule has 0 aliphatic rings. The smallest absolute Gasteiger partial charge is 0.0991 e. The Kier molecular flexibility index (Phi) is 4.88. The van der Waals surface area contributed by atoms with Crippen molar-refractivity contribution < 1.29 is 0 Å². The van der Waals surface area contributed by atoms with Crippen molar-refractivity contribution in [3.8, 4) is 0 Å². The second-order valence-corrected chi connectivity index (χ2v) is 6.86. The molecule has 1 atom stereocenters. The van der Waals surface area contributed by atoms with Crippen molar-refractivity contribution in [3.63, 3.8) is 0 Å². The number of halogens is 2. The molecular formula is C12H13Cl2NS2. The zero-order chi connectivity index (χ0) is 12.3. The Morgan fingerprint density at radius 2 is 2.24 bits per heavy atom. The molecule has 92 valence electrons. The fourth-order valence-corrected chi connectivity index (χ4v) is 4.07. The van der Waals surface area contributed by atoms with Crippen LogP contribution < -0.4 is 5.32 Å². The molecule has 2 rings (SSSR count). The predicted molar refractivity (Wildman–Crippen MR) is 78.8 cm³/mol. The summed E-state index contributed by atoms with van der Waals surface area (Å²) < 4.78 is 1.54. The number of aryl methyl sites for hydroxylation is 1. The normalized spacial score (nSPS) is 12.9. The highest BCUT2D eigenvalue weighted by Gasteiger charge is 2.15. The van der Waals surface area contributed by atoms with E-state index in [1.807, 2.05) is 13.1 Å². The molecule has 0 aliphatic heterocycles. The van der Waals surface area contributed by atoms with E-state index in [0.29, 0.717) is 0 Å². The summed E-state index contributed by atoms with van der Waals surface area (Å²) in [5.41, 5.74) is 2.49. The second-order valence-electron chi connectivity index (χ2n) is 3.79. The van der Waals surface area contributed by atoms with Gasteiger partial charge < -0.3 is 5.32 Å². The molecule has 1 unspecified atom stereocenters. The molecule has 0 amide bonds. The molecule has 0 aromatic carbocycles. The highest BCUT2D eigenvalue weighted by Crippen LogP contribution is 2.36. The van der Waals surface area contributed by atoms with Gasteiger partial charge in [0.25, 0.3) is 0 Å². The minimum absolute atomic E-state index is 0.270. The highest BCUT2D eigenvalue weighted by molar-refractivity contribution is 7.20. The summed E-state index contributed by atoms with van der Waals surface area (Å²) in [7, 11) is 1.96. The van der Waals surface area contributed by atoms with Crippen molar-refractivity contribution in [3.05, 3.63) is 42.7 Å². The van der Waals surface area contributed by atoms with Crippen LogP contribution in [0.2, 0.25) is 8.67 Å². The third-order valence-corrected chi connectivity index (χ3v) is 4.96. The molecule has 1 N–H and O–H groups in total. The van der Waals surface area contributed by atoms with Gasteiger partial charge in [0.1, 0.15) is 0 Å². The first-order valence-corrected chi connectivity index (χ1v) is 7.85. The lowest BCUT2D eigenvalue weighted by Gasteiger charge is -2.15. The van der Waals surface area contributed by atoms with Gasteiger partial charge >= 0.3 is 0 Å². The Morgan fingerprint density at radius 3 is 2.76 bits per heavy atom. The highest BCUT2D eigenvalue weighted by atomic mass is 35.5. The van der Waals surface area contributed by atoms with Crippen molar-refractivity contribution in [2.75, 3.05) is 7.05 Å². The lowest BCUT2D eigenvalue weighted by Crippen LogP contribution is -2.16. The predicted octanol–water partition coefficient (Wildman–Crippen LogP) is 5.01. The summed E-state index contributed by atoms with van der Waals surface area (Å²) in [5.74, 6) is 0. The minimum Gasteiger partial charge on any atom is -0.313 e. The Labute approximate surface area is 119 Å². The SMILES string of the molecule is CNC(CCc1ccsc1)c1cc(Cl)sc1Cl. The largest absolute Gasteiger partial charge is 0.313 e. The molecule has 0 aliphatic carbocycles. The number of hydrogen-bond donors (Lipinski definition) is 1. The van der Waals surface area contributed by atoms with E-state index in [9.17, 15) is 0 Å². The Hall–Kier alpha value is -0.0600. The minimum atomic E-state index is 0.270. The standard InChI is InChI=1S/C12H13Cl2NS2/c1-15-10(3-2-8-4-5-16-7-8)9-6-11(13)17-12(9)14/h4-7,10,15H,2-3H2,1H3. The van der Waals surface area contributed by atoms with Crippen LogP contribution in [0.15, 0.2) is 22.9 Å². The Bertz CT molecular complexity index is 465. The van der Waals surface area contributed by atoms with E-state index in [1.54, 1.807) is 11.3 Å². The van der Waals surface area contributed by atoms with E-state index in [-0.39, 0.29) is 6.04 Å². The van der Waals surface area contributed by atoms with Crippen LogP contribution in [0.25, 0.3) is 0 Å². The van der Waals surface area contributed by atoms with Gasteiger partial charge in [-0.25, -0.2) is 0 Å². The summed E-state index contributed by atoms with van der Waals surface area (Å²) in [4.78, 5) is 0. The van der Waals surface area contributed by atoms with E-state index >= 15 is 0 Å². The zero-order valence-electron chi connectivity index (χ0n) is 9.37. The van der Waals surface area contributed by atoms with Gasteiger partial charge in [-0.15, -0.1) is 11.3 Å². The Morgan fingerprint density at radius 1 is 1.41 bits per heavy atom. The molecule has 5 heteroatoms. The topological polar surface area (TPSA) is 12.0 Å². The van der Waals surface area contributed by atoms with Gasteiger partial charge in [-0.1, -0.05) is 23.2 Å². The summed E-state index contributed by atoms with van der Waals surface area (Å²) in [6.45, 7) is 0. The molecule has 2 heterocycles. The molecule has 2 aromatic rings. The molecule has 0 bridgehead atoms. The van der Waals surface area contributed by atoms with E-state index in [0.717, 1.165) is 27.1 Å². The van der Waals surface area contributed by atoms with Gasteiger partial charge in [0.15, 0.2) is 0 Å².